The quantitative estimate of drug-likeness (QED) is 0.646. The van der Waals surface area contributed by atoms with E-state index in [-0.39, 0.29) is 1.43 Å². The van der Waals surface area contributed by atoms with Gasteiger partial charge in [-0.25, -0.2) is 0 Å². The van der Waals surface area contributed by atoms with Crippen LogP contribution in [0.3, 0.4) is 0 Å². The molecule has 0 atom stereocenters. The lowest BCUT2D eigenvalue weighted by Gasteiger charge is -2.44. The van der Waals surface area contributed by atoms with Gasteiger partial charge in [-0.05, 0) is 12.0 Å². The fourth-order valence-corrected chi connectivity index (χ4v) is 4.10. The molecule has 2 aliphatic heterocycles. The summed E-state index contributed by atoms with van der Waals surface area (Å²) in [4.78, 5) is 0. The van der Waals surface area contributed by atoms with Crippen LogP contribution in [0.15, 0.2) is 30.3 Å². The van der Waals surface area contributed by atoms with E-state index in [0.717, 1.165) is 5.82 Å². The Kier molecular flexibility index (Phi) is 2.79. The first-order valence-corrected chi connectivity index (χ1v) is 6.90. The van der Waals surface area contributed by atoms with Gasteiger partial charge in [0.25, 0.3) is 0 Å². The van der Waals surface area contributed by atoms with Gasteiger partial charge in [-0.15, -0.1) is 0 Å². The summed E-state index contributed by atoms with van der Waals surface area (Å²) in [5.41, 5.74) is 1.56. The molecule has 1 heteroatoms. The second kappa shape index (κ2) is 4.27. The van der Waals surface area contributed by atoms with Gasteiger partial charge in [0.05, 0.1) is 0 Å². The molecule has 0 aromatic heterocycles. The number of hydrogen-bond acceptors (Lipinski definition) is 0. The van der Waals surface area contributed by atoms with Crippen LogP contribution >= 0.6 is 0 Å². The second-order valence-corrected chi connectivity index (χ2v) is 6.02. The first kappa shape index (κ1) is 10.4. The summed E-state index contributed by atoms with van der Waals surface area (Å²) in [5, 5.41) is 0.683. The molecule has 86 valence electrons. The van der Waals surface area contributed by atoms with E-state index in [4.69, 9.17) is 0 Å². The van der Waals surface area contributed by atoms with E-state index < -0.39 is 0 Å². The minimum absolute atomic E-state index is 0. The van der Waals surface area contributed by atoms with Crippen LogP contribution in [0.1, 0.15) is 45.5 Å². The predicted molar refractivity (Wildman–Crippen MR) is 73.6 cm³/mol. The van der Waals surface area contributed by atoms with Crippen molar-refractivity contribution < 1.29 is 1.43 Å². The maximum Gasteiger partial charge on any atom is 0.131 e. The van der Waals surface area contributed by atoms with Gasteiger partial charge in [0, 0.05) is 1.43 Å². The van der Waals surface area contributed by atoms with Gasteiger partial charge in [0.1, 0.15) is 7.28 Å². The van der Waals surface area contributed by atoms with Crippen LogP contribution in [0.4, 0.5) is 0 Å². The first-order chi connectivity index (χ1) is 7.86. The van der Waals surface area contributed by atoms with Crippen molar-refractivity contribution in [1.82, 2.24) is 0 Å². The molecule has 16 heavy (non-hydrogen) atoms. The van der Waals surface area contributed by atoms with Crippen LogP contribution in [-0.4, -0.2) is 7.28 Å². The van der Waals surface area contributed by atoms with E-state index in [1.807, 2.05) is 0 Å². The molecule has 0 nitrogen and oxygen atoms in total. The summed E-state index contributed by atoms with van der Waals surface area (Å²) >= 11 is 0. The monoisotopic (exact) mass is 214 g/mol. The largest absolute Gasteiger partial charge is 0.131 e. The molecule has 0 spiro atoms. The van der Waals surface area contributed by atoms with Crippen molar-refractivity contribution in [3.05, 3.63) is 35.9 Å². The molecule has 0 aliphatic carbocycles. The molecule has 2 saturated heterocycles. The highest BCUT2D eigenvalue weighted by Gasteiger charge is 2.39. The van der Waals surface area contributed by atoms with Crippen LogP contribution in [0.25, 0.3) is 0 Å². The normalized spacial score (nSPS) is 33.1. The van der Waals surface area contributed by atoms with E-state index in [0.29, 0.717) is 5.31 Å². The molecule has 3 rings (SSSR count). The van der Waals surface area contributed by atoms with Gasteiger partial charge >= 0.3 is 0 Å². The Morgan fingerprint density at radius 2 is 1.81 bits per heavy atom. The van der Waals surface area contributed by atoms with Crippen LogP contribution < -0.4 is 0 Å². The van der Waals surface area contributed by atoms with Crippen LogP contribution in [0, 0.1) is 0 Å². The smallest absolute Gasteiger partial charge is 0.0651 e. The lowest BCUT2D eigenvalue weighted by atomic mass is 9.35. The zero-order chi connectivity index (χ0) is 10.8. The molecular weight excluding hydrogens is 191 g/mol. The topological polar surface area (TPSA) is 0 Å². The summed E-state index contributed by atoms with van der Waals surface area (Å²) in [6.45, 7) is 0. The molecule has 0 unspecified atom stereocenters. The maximum atomic E-state index is 2.31. The molecule has 2 bridgehead atoms. The van der Waals surface area contributed by atoms with Crippen molar-refractivity contribution in [2.45, 2.75) is 56.1 Å². The molecule has 1 aromatic rings. The van der Waals surface area contributed by atoms with Crippen molar-refractivity contribution in [3.8, 4) is 0 Å². The van der Waals surface area contributed by atoms with Crippen LogP contribution in [0.2, 0.25) is 11.1 Å². The Hall–Kier alpha value is -0.715. The summed E-state index contributed by atoms with van der Waals surface area (Å²) in [7, 11) is 1.52. The van der Waals surface area contributed by atoms with Gasteiger partial charge in [0.2, 0.25) is 0 Å². The summed E-state index contributed by atoms with van der Waals surface area (Å²) in [6.07, 6.45) is 10.3. The molecule has 2 fully saturated rings. The zero-order valence-corrected chi connectivity index (χ0v) is 10.1. The van der Waals surface area contributed by atoms with Gasteiger partial charge in [-0.1, -0.05) is 80.0 Å². The third-order valence-corrected chi connectivity index (χ3v) is 4.78. The highest BCUT2D eigenvalue weighted by molar-refractivity contribution is 6.42. The zero-order valence-electron chi connectivity index (χ0n) is 10.1. The molecule has 2 aliphatic rings. The Labute approximate surface area is 101 Å². The third kappa shape index (κ3) is 2.05. The fraction of sp³-hybridized carbons (Fsp3) is 0.600. The van der Waals surface area contributed by atoms with Crippen molar-refractivity contribution in [1.29, 1.82) is 0 Å². The lowest BCUT2D eigenvalue weighted by Crippen LogP contribution is -2.34. The molecule has 1 aromatic carbocycles. The fourth-order valence-electron chi connectivity index (χ4n) is 4.10. The van der Waals surface area contributed by atoms with Gasteiger partial charge in [-0.3, -0.25) is 0 Å². The summed E-state index contributed by atoms with van der Waals surface area (Å²) < 4.78 is 0. The van der Waals surface area contributed by atoms with Crippen molar-refractivity contribution in [2.24, 2.45) is 0 Å². The highest BCUT2D eigenvalue weighted by atomic mass is 14.3. The van der Waals surface area contributed by atoms with E-state index in [2.05, 4.69) is 30.3 Å². The number of rotatable bonds is 2. The molecule has 0 amide bonds. The van der Waals surface area contributed by atoms with Crippen molar-refractivity contribution in [2.75, 3.05) is 0 Å². The molecule has 0 N–H and O–H groups in total. The van der Waals surface area contributed by atoms with Crippen molar-refractivity contribution >= 4 is 7.28 Å². The molecule has 0 saturated carbocycles. The first-order valence-electron chi connectivity index (χ1n) is 6.90. The number of fused-ring (bicyclic) bond motifs is 2. The minimum Gasteiger partial charge on any atom is -0.0651 e. The number of benzene rings is 1. The average Bonchev–Trinajstić information content (AvgIpc) is 2.30. The van der Waals surface area contributed by atoms with Gasteiger partial charge < -0.3 is 0 Å². The molecule has 2 heterocycles. The number of hydrogen-bond donors (Lipinski definition) is 0. The van der Waals surface area contributed by atoms with Crippen LogP contribution in [0.5, 0.6) is 0 Å². The third-order valence-electron chi connectivity index (χ3n) is 4.78. The van der Waals surface area contributed by atoms with E-state index >= 15 is 0 Å². The average molecular weight is 214 g/mol. The van der Waals surface area contributed by atoms with E-state index in [9.17, 15) is 0 Å². The second-order valence-electron chi connectivity index (χ2n) is 6.02. The van der Waals surface area contributed by atoms with E-state index in [1.54, 1.807) is 5.56 Å². The molecular formula is C15H23B. The SMILES string of the molecule is B1C2CCCC1(Cc1ccccc1)CCC2.[HH]. The van der Waals surface area contributed by atoms with Gasteiger partial charge in [-0.2, -0.15) is 0 Å². The Balaban J connectivity index is 0.00000108. The summed E-state index contributed by atoms with van der Waals surface area (Å²) in [6, 6.07) is 11.1. The van der Waals surface area contributed by atoms with Gasteiger partial charge in [0.15, 0.2) is 0 Å². The van der Waals surface area contributed by atoms with Crippen molar-refractivity contribution in [3.63, 3.8) is 0 Å². The summed E-state index contributed by atoms with van der Waals surface area (Å²) in [5.74, 6) is 1.06. The predicted octanol–water partition coefficient (Wildman–Crippen LogP) is 4.23. The Morgan fingerprint density at radius 1 is 1.12 bits per heavy atom. The Bertz CT molecular complexity index is 339. The van der Waals surface area contributed by atoms with Crippen LogP contribution in [-0.2, 0) is 6.42 Å². The highest BCUT2D eigenvalue weighted by Crippen LogP contribution is 2.52. The standard InChI is InChI=1S/C15H21B.H2/c1-2-6-13(7-3-1)12-15-10-4-8-14(16-15)9-5-11-15;/h1-3,6-7,14,16H,4-5,8-12H2;1H. The molecule has 0 radical (unpaired) electrons. The maximum absolute atomic E-state index is 2.31. The lowest BCUT2D eigenvalue weighted by molar-refractivity contribution is 0.347. The Morgan fingerprint density at radius 3 is 2.50 bits per heavy atom. The van der Waals surface area contributed by atoms with E-state index in [1.165, 1.54) is 52.2 Å². The minimum atomic E-state index is 0.